The summed E-state index contributed by atoms with van der Waals surface area (Å²) in [6.07, 6.45) is 3.63. The molecule has 0 saturated carbocycles. The first-order chi connectivity index (χ1) is 14.5. The van der Waals surface area contributed by atoms with Gasteiger partial charge in [-0.05, 0) is 49.6 Å². The maximum atomic E-state index is 12.6. The molecule has 0 bridgehead atoms. The molecule has 2 N–H and O–H groups in total. The predicted octanol–water partition coefficient (Wildman–Crippen LogP) is 2.72. The average molecular weight is 406 g/mol. The van der Waals surface area contributed by atoms with E-state index < -0.39 is 17.4 Å². The van der Waals surface area contributed by atoms with Crippen LogP contribution in [-0.4, -0.2) is 39.9 Å². The first-order valence-corrected chi connectivity index (χ1v) is 9.91. The Bertz CT molecular complexity index is 1150. The van der Waals surface area contributed by atoms with E-state index in [1.807, 2.05) is 24.3 Å². The number of amides is 1. The standard InChI is InChI=1S/C22H22N4O4/c27-19(23-15-8-10-16(11-9-15)25-12-4-1-5-13-25)14-26-21(28)18-7-3-2-6-17(18)20(24-26)22(29)30/h2-3,6-11H,1,4-5,12-14H2,(H,23,27)(H,29,30). The van der Waals surface area contributed by atoms with E-state index >= 15 is 0 Å². The minimum Gasteiger partial charge on any atom is -0.476 e. The molecule has 8 nitrogen and oxygen atoms in total. The van der Waals surface area contributed by atoms with E-state index in [2.05, 4.69) is 15.3 Å². The summed E-state index contributed by atoms with van der Waals surface area (Å²) < 4.78 is 0.892. The zero-order valence-electron chi connectivity index (χ0n) is 16.4. The number of carbonyl (C=O) groups is 2. The van der Waals surface area contributed by atoms with Gasteiger partial charge in [0.1, 0.15) is 6.54 Å². The Morgan fingerprint density at radius 3 is 2.30 bits per heavy atom. The number of hydrogen-bond acceptors (Lipinski definition) is 5. The SMILES string of the molecule is O=C(Cn1nc(C(=O)O)c2ccccc2c1=O)Nc1ccc(N2CCCCC2)cc1. The third-order valence-corrected chi connectivity index (χ3v) is 5.24. The third-order valence-electron chi connectivity index (χ3n) is 5.24. The first-order valence-electron chi connectivity index (χ1n) is 9.91. The third kappa shape index (κ3) is 4.03. The monoisotopic (exact) mass is 406 g/mol. The van der Waals surface area contributed by atoms with Crippen molar-refractivity contribution < 1.29 is 14.7 Å². The second-order valence-electron chi connectivity index (χ2n) is 7.30. The van der Waals surface area contributed by atoms with Crippen LogP contribution in [0, 0.1) is 0 Å². The van der Waals surface area contributed by atoms with Gasteiger partial charge in [-0.1, -0.05) is 18.2 Å². The Labute approximate surface area is 172 Å². The molecule has 1 aromatic heterocycles. The number of fused-ring (bicyclic) bond motifs is 1. The summed E-state index contributed by atoms with van der Waals surface area (Å²) in [6.45, 7) is 1.69. The number of aromatic nitrogens is 2. The van der Waals surface area contributed by atoms with Crippen LogP contribution in [0.4, 0.5) is 11.4 Å². The van der Waals surface area contributed by atoms with E-state index in [-0.39, 0.29) is 23.0 Å². The molecule has 2 aromatic carbocycles. The lowest BCUT2D eigenvalue weighted by atomic mass is 10.1. The van der Waals surface area contributed by atoms with Gasteiger partial charge in [0.05, 0.1) is 5.39 Å². The number of carboxylic acids is 1. The number of anilines is 2. The summed E-state index contributed by atoms with van der Waals surface area (Å²) in [7, 11) is 0. The number of benzene rings is 2. The maximum absolute atomic E-state index is 12.6. The molecule has 0 spiro atoms. The molecule has 4 rings (SSSR count). The van der Waals surface area contributed by atoms with Crippen LogP contribution in [0.25, 0.3) is 10.8 Å². The fourth-order valence-electron chi connectivity index (χ4n) is 3.74. The number of hydrogen-bond donors (Lipinski definition) is 2. The molecule has 154 valence electrons. The second kappa shape index (κ2) is 8.36. The quantitative estimate of drug-likeness (QED) is 0.675. The summed E-state index contributed by atoms with van der Waals surface area (Å²) in [4.78, 5) is 39.0. The highest BCUT2D eigenvalue weighted by atomic mass is 16.4. The van der Waals surface area contributed by atoms with Crippen LogP contribution >= 0.6 is 0 Å². The van der Waals surface area contributed by atoms with Gasteiger partial charge >= 0.3 is 5.97 Å². The Kier molecular flexibility index (Phi) is 5.47. The molecule has 0 radical (unpaired) electrons. The molecule has 0 aliphatic carbocycles. The molecule has 1 saturated heterocycles. The smallest absolute Gasteiger partial charge is 0.357 e. The van der Waals surface area contributed by atoms with Crippen molar-refractivity contribution in [1.29, 1.82) is 0 Å². The van der Waals surface area contributed by atoms with Gasteiger partial charge in [0.25, 0.3) is 5.56 Å². The summed E-state index contributed by atoms with van der Waals surface area (Å²) in [5.74, 6) is -1.71. The highest BCUT2D eigenvalue weighted by Crippen LogP contribution is 2.22. The molecule has 0 unspecified atom stereocenters. The van der Waals surface area contributed by atoms with Crippen molar-refractivity contribution in [3.63, 3.8) is 0 Å². The highest BCUT2D eigenvalue weighted by Gasteiger charge is 2.17. The van der Waals surface area contributed by atoms with E-state index in [4.69, 9.17) is 0 Å². The van der Waals surface area contributed by atoms with E-state index in [9.17, 15) is 19.5 Å². The molecule has 1 aliphatic rings. The lowest BCUT2D eigenvalue weighted by Gasteiger charge is -2.28. The molecule has 1 fully saturated rings. The molecular formula is C22H22N4O4. The van der Waals surface area contributed by atoms with Gasteiger partial charge < -0.3 is 15.3 Å². The van der Waals surface area contributed by atoms with Gasteiger partial charge in [-0.25, -0.2) is 9.48 Å². The summed E-state index contributed by atoms with van der Waals surface area (Å²) in [6, 6.07) is 13.9. The number of piperidine rings is 1. The summed E-state index contributed by atoms with van der Waals surface area (Å²) in [5, 5.41) is 16.5. The van der Waals surface area contributed by atoms with Crippen LogP contribution in [0.2, 0.25) is 0 Å². The molecule has 0 atom stereocenters. The van der Waals surface area contributed by atoms with Crippen LogP contribution in [0.1, 0.15) is 29.8 Å². The van der Waals surface area contributed by atoms with Crippen LogP contribution in [-0.2, 0) is 11.3 Å². The summed E-state index contributed by atoms with van der Waals surface area (Å²) >= 11 is 0. The van der Waals surface area contributed by atoms with Crippen LogP contribution < -0.4 is 15.8 Å². The Balaban J connectivity index is 1.51. The van der Waals surface area contributed by atoms with E-state index in [0.29, 0.717) is 5.69 Å². The number of rotatable bonds is 5. The molecule has 3 aromatic rings. The van der Waals surface area contributed by atoms with Crippen molar-refractivity contribution in [3.05, 3.63) is 64.6 Å². The molecule has 2 heterocycles. The zero-order valence-corrected chi connectivity index (χ0v) is 16.4. The number of aromatic carboxylic acids is 1. The van der Waals surface area contributed by atoms with Gasteiger partial charge in [0.2, 0.25) is 5.91 Å². The van der Waals surface area contributed by atoms with Crippen molar-refractivity contribution in [3.8, 4) is 0 Å². The highest BCUT2D eigenvalue weighted by molar-refractivity contribution is 6.01. The van der Waals surface area contributed by atoms with Crippen LogP contribution in [0.5, 0.6) is 0 Å². The van der Waals surface area contributed by atoms with E-state index in [1.165, 1.54) is 31.4 Å². The maximum Gasteiger partial charge on any atom is 0.357 e. The Morgan fingerprint density at radius 1 is 0.967 bits per heavy atom. The second-order valence-corrected chi connectivity index (χ2v) is 7.30. The average Bonchev–Trinajstić information content (AvgIpc) is 2.76. The largest absolute Gasteiger partial charge is 0.476 e. The van der Waals surface area contributed by atoms with Crippen molar-refractivity contribution in [2.45, 2.75) is 25.8 Å². The van der Waals surface area contributed by atoms with Crippen molar-refractivity contribution in [1.82, 2.24) is 9.78 Å². The van der Waals surface area contributed by atoms with Gasteiger partial charge in [-0.2, -0.15) is 5.10 Å². The molecule has 8 heteroatoms. The van der Waals surface area contributed by atoms with Crippen LogP contribution in [0.15, 0.2) is 53.3 Å². The number of carboxylic acid groups (broad SMARTS) is 1. The van der Waals surface area contributed by atoms with E-state index in [0.717, 1.165) is 23.5 Å². The molecule has 1 amide bonds. The van der Waals surface area contributed by atoms with Crippen LogP contribution in [0.3, 0.4) is 0 Å². The van der Waals surface area contributed by atoms with Gasteiger partial charge in [-0.15, -0.1) is 0 Å². The Morgan fingerprint density at radius 2 is 1.63 bits per heavy atom. The minimum atomic E-state index is -1.26. The van der Waals surface area contributed by atoms with Gasteiger partial charge in [0.15, 0.2) is 5.69 Å². The van der Waals surface area contributed by atoms with Gasteiger partial charge in [0, 0.05) is 29.9 Å². The number of nitrogens with one attached hydrogen (secondary N) is 1. The Hall–Kier alpha value is -3.68. The van der Waals surface area contributed by atoms with Crippen molar-refractivity contribution in [2.75, 3.05) is 23.3 Å². The number of nitrogens with zero attached hydrogens (tertiary/aromatic N) is 3. The minimum absolute atomic E-state index is 0.212. The van der Waals surface area contributed by atoms with E-state index in [1.54, 1.807) is 12.1 Å². The lowest BCUT2D eigenvalue weighted by molar-refractivity contribution is -0.117. The topological polar surface area (TPSA) is 105 Å². The summed E-state index contributed by atoms with van der Waals surface area (Å²) in [5.41, 5.74) is 0.953. The normalized spacial score (nSPS) is 13.9. The first kappa shape index (κ1) is 19.6. The number of carbonyl (C=O) groups excluding carboxylic acids is 1. The van der Waals surface area contributed by atoms with Crippen molar-refractivity contribution in [2.24, 2.45) is 0 Å². The van der Waals surface area contributed by atoms with Crippen molar-refractivity contribution >= 4 is 34.0 Å². The zero-order chi connectivity index (χ0) is 21.1. The lowest BCUT2D eigenvalue weighted by Crippen LogP contribution is -2.31. The fourth-order valence-corrected chi connectivity index (χ4v) is 3.74. The van der Waals surface area contributed by atoms with Gasteiger partial charge in [-0.3, -0.25) is 9.59 Å². The molecular weight excluding hydrogens is 384 g/mol. The molecule has 30 heavy (non-hydrogen) atoms. The predicted molar refractivity (Wildman–Crippen MR) is 114 cm³/mol. The fraction of sp³-hybridized carbons (Fsp3) is 0.273. The molecule has 1 aliphatic heterocycles.